The van der Waals surface area contributed by atoms with Gasteiger partial charge in [-0.05, 0) is 38.5 Å². The zero-order chi connectivity index (χ0) is 15.4. The third-order valence-corrected chi connectivity index (χ3v) is 3.59. The predicted octanol–water partition coefficient (Wildman–Crippen LogP) is 3.96. The van der Waals surface area contributed by atoms with Gasteiger partial charge in [-0.3, -0.25) is 4.79 Å². The molecular formula is C18H21NO2. The van der Waals surface area contributed by atoms with Crippen molar-refractivity contribution in [1.82, 2.24) is 0 Å². The van der Waals surface area contributed by atoms with E-state index < -0.39 is 5.97 Å². The summed E-state index contributed by atoms with van der Waals surface area (Å²) in [5.74, 6) is -0.824. The highest BCUT2D eigenvalue weighted by atomic mass is 16.4. The Morgan fingerprint density at radius 3 is 2.19 bits per heavy atom. The highest BCUT2D eigenvalue weighted by Gasteiger charge is 2.19. The monoisotopic (exact) mass is 283 g/mol. The Bertz CT molecular complexity index is 602. The van der Waals surface area contributed by atoms with E-state index in [0.717, 1.165) is 11.3 Å². The van der Waals surface area contributed by atoms with Crippen molar-refractivity contribution in [2.75, 3.05) is 11.4 Å². The molecule has 2 rings (SSSR count). The number of anilines is 1. The predicted molar refractivity (Wildman–Crippen MR) is 85.8 cm³/mol. The third kappa shape index (κ3) is 3.85. The van der Waals surface area contributed by atoms with Crippen molar-refractivity contribution in [3.05, 3.63) is 65.2 Å². The first kappa shape index (κ1) is 15.1. The molecule has 3 heteroatoms. The Kier molecular flexibility index (Phi) is 4.63. The molecule has 2 aromatic carbocycles. The number of carbonyl (C=O) groups is 1. The van der Waals surface area contributed by atoms with Crippen molar-refractivity contribution in [2.45, 2.75) is 26.8 Å². The molecule has 0 aliphatic carbocycles. The van der Waals surface area contributed by atoms with Crippen LogP contribution in [0, 0.1) is 13.8 Å². The molecule has 1 N–H and O–H groups in total. The standard InChI is InChI=1S/C18H21NO2/c1-13-9-14(2)11-16(10-13)15(3)19(12-18(20)21)17-7-5-4-6-8-17/h4-11,15H,12H2,1-3H3,(H,20,21). The zero-order valence-corrected chi connectivity index (χ0v) is 12.7. The lowest BCUT2D eigenvalue weighted by Crippen LogP contribution is -2.32. The van der Waals surface area contributed by atoms with Crippen LogP contribution in [0.5, 0.6) is 0 Å². The van der Waals surface area contributed by atoms with Crippen LogP contribution in [0.2, 0.25) is 0 Å². The Hall–Kier alpha value is -2.29. The van der Waals surface area contributed by atoms with Crippen molar-refractivity contribution in [2.24, 2.45) is 0 Å². The lowest BCUT2D eigenvalue weighted by molar-refractivity contribution is -0.135. The molecule has 1 atom stereocenters. The van der Waals surface area contributed by atoms with E-state index in [0.29, 0.717) is 0 Å². The maximum absolute atomic E-state index is 11.2. The van der Waals surface area contributed by atoms with Gasteiger partial charge in [0.05, 0.1) is 6.04 Å². The first-order chi connectivity index (χ1) is 9.97. The van der Waals surface area contributed by atoms with Gasteiger partial charge in [-0.1, -0.05) is 47.5 Å². The van der Waals surface area contributed by atoms with E-state index in [1.807, 2.05) is 42.2 Å². The van der Waals surface area contributed by atoms with Gasteiger partial charge in [-0.25, -0.2) is 0 Å². The maximum atomic E-state index is 11.2. The average Bonchev–Trinajstić information content (AvgIpc) is 2.44. The fraction of sp³-hybridized carbons (Fsp3) is 0.278. The smallest absolute Gasteiger partial charge is 0.323 e. The molecule has 2 aromatic rings. The largest absolute Gasteiger partial charge is 0.480 e. The summed E-state index contributed by atoms with van der Waals surface area (Å²) in [7, 11) is 0. The molecule has 0 aromatic heterocycles. The van der Waals surface area contributed by atoms with Gasteiger partial charge in [0.2, 0.25) is 0 Å². The first-order valence-electron chi connectivity index (χ1n) is 7.09. The van der Waals surface area contributed by atoms with E-state index in [2.05, 4.69) is 32.0 Å². The molecule has 3 nitrogen and oxygen atoms in total. The van der Waals surface area contributed by atoms with Crippen LogP contribution in [0.4, 0.5) is 5.69 Å². The molecule has 0 amide bonds. The number of benzene rings is 2. The summed E-state index contributed by atoms with van der Waals surface area (Å²) < 4.78 is 0. The van der Waals surface area contributed by atoms with Crippen molar-refractivity contribution in [3.63, 3.8) is 0 Å². The quantitative estimate of drug-likeness (QED) is 0.903. The average molecular weight is 283 g/mol. The molecule has 21 heavy (non-hydrogen) atoms. The normalized spacial score (nSPS) is 12.0. The summed E-state index contributed by atoms with van der Waals surface area (Å²) in [4.78, 5) is 13.1. The van der Waals surface area contributed by atoms with E-state index in [1.54, 1.807) is 0 Å². The SMILES string of the molecule is Cc1cc(C)cc(C(C)N(CC(=O)O)c2ccccc2)c1. The summed E-state index contributed by atoms with van der Waals surface area (Å²) in [6.07, 6.45) is 0. The Morgan fingerprint density at radius 2 is 1.67 bits per heavy atom. The molecule has 1 unspecified atom stereocenters. The first-order valence-corrected chi connectivity index (χ1v) is 7.09. The molecule has 0 saturated heterocycles. The Balaban J connectivity index is 2.38. The van der Waals surface area contributed by atoms with E-state index >= 15 is 0 Å². The maximum Gasteiger partial charge on any atom is 0.323 e. The van der Waals surface area contributed by atoms with Crippen LogP contribution in [-0.4, -0.2) is 17.6 Å². The highest BCUT2D eigenvalue weighted by Crippen LogP contribution is 2.27. The molecule has 0 saturated carbocycles. The van der Waals surface area contributed by atoms with E-state index in [9.17, 15) is 9.90 Å². The molecule has 0 bridgehead atoms. The summed E-state index contributed by atoms with van der Waals surface area (Å²) in [5, 5.41) is 9.21. The van der Waals surface area contributed by atoms with Crippen LogP contribution in [0.1, 0.15) is 29.7 Å². The topological polar surface area (TPSA) is 40.5 Å². The minimum Gasteiger partial charge on any atom is -0.480 e. The Morgan fingerprint density at radius 1 is 1.10 bits per heavy atom. The van der Waals surface area contributed by atoms with Gasteiger partial charge in [-0.15, -0.1) is 0 Å². The lowest BCUT2D eigenvalue weighted by atomic mass is 10.0. The number of carboxylic acid groups (broad SMARTS) is 1. The van der Waals surface area contributed by atoms with E-state index in [1.165, 1.54) is 11.1 Å². The number of rotatable bonds is 5. The summed E-state index contributed by atoms with van der Waals surface area (Å²) >= 11 is 0. The van der Waals surface area contributed by atoms with Gasteiger partial charge in [0, 0.05) is 5.69 Å². The molecule has 0 fully saturated rings. The number of para-hydroxylation sites is 1. The number of aryl methyl sites for hydroxylation is 2. The second-order valence-corrected chi connectivity index (χ2v) is 5.45. The van der Waals surface area contributed by atoms with Crippen molar-refractivity contribution in [1.29, 1.82) is 0 Å². The number of carboxylic acids is 1. The molecule has 0 heterocycles. The molecule has 0 radical (unpaired) electrons. The lowest BCUT2D eigenvalue weighted by Gasteiger charge is -2.30. The molecule has 0 aliphatic rings. The Labute approximate surface area is 125 Å². The second kappa shape index (κ2) is 6.44. The van der Waals surface area contributed by atoms with Gasteiger partial charge in [0.1, 0.15) is 6.54 Å². The third-order valence-electron chi connectivity index (χ3n) is 3.59. The van der Waals surface area contributed by atoms with Gasteiger partial charge >= 0.3 is 5.97 Å². The molecular weight excluding hydrogens is 262 g/mol. The van der Waals surface area contributed by atoms with Gasteiger partial charge < -0.3 is 10.0 Å². The zero-order valence-electron chi connectivity index (χ0n) is 12.7. The summed E-state index contributed by atoms with van der Waals surface area (Å²) in [5.41, 5.74) is 4.45. The van der Waals surface area contributed by atoms with E-state index in [4.69, 9.17) is 0 Å². The number of hydrogen-bond acceptors (Lipinski definition) is 2. The van der Waals surface area contributed by atoms with Crippen LogP contribution >= 0.6 is 0 Å². The van der Waals surface area contributed by atoms with E-state index in [-0.39, 0.29) is 12.6 Å². The van der Waals surface area contributed by atoms with Crippen molar-refractivity contribution >= 4 is 11.7 Å². The highest BCUT2D eigenvalue weighted by molar-refractivity contribution is 5.74. The minimum atomic E-state index is -0.824. The van der Waals surface area contributed by atoms with Gasteiger partial charge in [-0.2, -0.15) is 0 Å². The minimum absolute atomic E-state index is 0.00194. The number of aliphatic carboxylic acids is 1. The molecule has 0 aliphatic heterocycles. The van der Waals surface area contributed by atoms with Crippen LogP contribution in [0.25, 0.3) is 0 Å². The number of hydrogen-bond donors (Lipinski definition) is 1. The van der Waals surface area contributed by atoms with Crippen LogP contribution < -0.4 is 4.90 Å². The van der Waals surface area contributed by atoms with Crippen LogP contribution in [-0.2, 0) is 4.79 Å². The van der Waals surface area contributed by atoms with Crippen molar-refractivity contribution in [3.8, 4) is 0 Å². The second-order valence-electron chi connectivity index (χ2n) is 5.45. The van der Waals surface area contributed by atoms with Gasteiger partial charge in [0.25, 0.3) is 0 Å². The van der Waals surface area contributed by atoms with Crippen molar-refractivity contribution < 1.29 is 9.90 Å². The van der Waals surface area contributed by atoms with Crippen LogP contribution in [0.3, 0.4) is 0 Å². The summed E-state index contributed by atoms with van der Waals surface area (Å²) in [6, 6.07) is 16.1. The fourth-order valence-corrected chi connectivity index (χ4v) is 2.65. The summed E-state index contributed by atoms with van der Waals surface area (Å²) in [6.45, 7) is 6.16. The number of nitrogens with zero attached hydrogens (tertiary/aromatic N) is 1. The van der Waals surface area contributed by atoms with Gasteiger partial charge in [0.15, 0.2) is 0 Å². The van der Waals surface area contributed by atoms with Crippen LogP contribution in [0.15, 0.2) is 48.5 Å². The fourth-order valence-electron chi connectivity index (χ4n) is 2.65. The molecule has 0 spiro atoms. The molecule has 110 valence electrons.